The van der Waals surface area contributed by atoms with Crippen LogP contribution < -0.4 is 0 Å². The molecule has 0 atom stereocenters. The van der Waals surface area contributed by atoms with Crippen LogP contribution >= 0.6 is 22.9 Å². The van der Waals surface area contributed by atoms with Crippen LogP contribution in [0.15, 0.2) is 17.0 Å². The molecule has 1 nitrogen and oxygen atoms in total. The zero-order valence-corrected chi connectivity index (χ0v) is 8.45. The normalized spacial score (nSPS) is 12.1. The second-order valence-corrected chi connectivity index (χ2v) is 3.80. The topological polar surface area (TPSA) is 20.2 Å². The van der Waals surface area contributed by atoms with Crippen LogP contribution in [0.3, 0.4) is 0 Å². The smallest absolute Gasteiger partial charge is 0.0645 e. The summed E-state index contributed by atoms with van der Waals surface area (Å²) < 4.78 is 0. The van der Waals surface area contributed by atoms with Gasteiger partial charge >= 0.3 is 0 Å². The van der Waals surface area contributed by atoms with E-state index in [0.717, 1.165) is 21.9 Å². The quantitative estimate of drug-likeness (QED) is 0.798. The number of aliphatic hydroxyl groups is 1. The number of hydrogen-bond acceptors (Lipinski definition) is 2. The fraction of sp³-hybridized carbons (Fsp3) is 0.333. The van der Waals surface area contributed by atoms with Gasteiger partial charge in [-0.05, 0) is 29.5 Å². The van der Waals surface area contributed by atoms with E-state index in [1.54, 1.807) is 11.3 Å². The Morgan fingerprint density at radius 3 is 2.92 bits per heavy atom. The van der Waals surface area contributed by atoms with Crippen molar-refractivity contribution in [1.82, 2.24) is 0 Å². The van der Waals surface area contributed by atoms with E-state index in [2.05, 4.69) is 0 Å². The Kier molecular flexibility index (Phi) is 3.79. The Bertz CT molecular complexity index is 272. The number of halogens is 1. The van der Waals surface area contributed by atoms with Crippen LogP contribution in [0, 0.1) is 0 Å². The molecule has 12 heavy (non-hydrogen) atoms. The van der Waals surface area contributed by atoms with Crippen LogP contribution in [0.5, 0.6) is 0 Å². The van der Waals surface area contributed by atoms with E-state index in [1.807, 2.05) is 24.4 Å². The second-order valence-electron chi connectivity index (χ2n) is 2.45. The van der Waals surface area contributed by atoms with E-state index in [0.29, 0.717) is 0 Å². The first-order valence-electron chi connectivity index (χ1n) is 3.81. The molecule has 0 fully saturated rings. The number of thiophene rings is 1. The van der Waals surface area contributed by atoms with E-state index in [-0.39, 0.29) is 6.61 Å². The van der Waals surface area contributed by atoms with Gasteiger partial charge in [0.1, 0.15) is 0 Å². The molecule has 0 unspecified atom stereocenters. The van der Waals surface area contributed by atoms with Crippen LogP contribution in [-0.2, 0) is 0 Å². The van der Waals surface area contributed by atoms with Gasteiger partial charge in [0.25, 0.3) is 0 Å². The zero-order valence-electron chi connectivity index (χ0n) is 6.88. The predicted octanol–water partition coefficient (Wildman–Crippen LogP) is 3.19. The van der Waals surface area contributed by atoms with Gasteiger partial charge in [0, 0.05) is 4.88 Å². The number of rotatable bonds is 3. The van der Waals surface area contributed by atoms with Crippen LogP contribution in [0.4, 0.5) is 0 Å². The molecule has 0 bridgehead atoms. The van der Waals surface area contributed by atoms with Gasteiger partial charge in [-0.15, -0.1) is 11.3 Å². The summed E-state index contributed by atoms with van der Waals surface area (Å²) in [5.41, 5.74) is 1.01. The molecule has 0 aliphatic carbocycles. The Hall–Kier alpha value is -0.310. The molecular formula is C9H11ClOS. The first-order valence-corrected chi connectivity index (χ1v) is 5.07. The highest BCUT2D eigenvalue weighted by Gasteiger charge is 1.99. The minimum atomic E-state index is 0.116. The van der Waals surface area contributed by atoms with Gasteiger partial charge in [-0.1, -0.05) is 18.5 Å². The monoisotopic (exact) mass is 202 g/mol. The van der Waals surface area contributed by atoms with Gasteiger partial charge in [0.15, 0.2) is 0 Å². The zero-order chi connectivity index (χ0) is 8.97. The molecule has 1 rings (SSSR count). The molecule has 0 saturated carbocycles. The summed E-state index contributed by atoms with van der Waals surface area (Å²) in [6.07, 6.45) is 2.82. The van der Waals surface area contributed by atoms with Crippen LogP contribution in [0.2, 0.25) is 5.02 Å². The summed E-state index contributed by atoms with van der Waals surface area (Å²) in [6.45, 7) is 2.13. The summed E-state index contributed by atoms with van der Waals surface area (Å²) in [5, 5.41) is 11.6. The maximum Gasteiger partial charge on any atom is 0.0645 e. The van der Waals surface area contributed by atoms with Crippen molar-refractivity contribution in [1.29, 1.82) is 0 Å². The van der Waals surface area contributed by atoms with Crippen LogP contribution in [0.25, 0.3) is 6.08 Å². The lowest BCUT2D eigenvalue weighted by atomic mass is 10.2. The van der Waals surface area contributed by atoms with E-state index >= 15 is 0 Å². The number of aliphatic hydroxyl groups excluding tert-OH is 1. The molecule has 66 valence electrons. The van der Waals surface area contributed by atoms with Gasteiger partial charge in [-0.2, -0.15) is 0 Å². The van der Waals surface area contributed by atoms with Gasteiger partial charge in [0.05, 0.1) is 11.6 Å². The summed E-state index contributed by atoms with van der Waals surface area (Å²) in [4.78, 5) is 1.03. The van der Waals surface area contributed by atoms with Crippen molar-refractivity contribution in [2.24, 2.45) is 0 Å². The van der Waals surface area contributed by atoms with Crippen molar-refractivity contribution in [2.45, 2.75) is 13.3 Å². The third kappa shape index (κ3) is 2.34. The summed E-state index contributed by atoms with van der Waals surface area (Å²) >= 11 is 7.47. The fourth-order valence-corrected chi connectivity index (χ4v) is 1.95. The van der Waals surface area contributed by atoms with E-state index in [9.17, 15) is 0 Å². The molecule has 0 saturated heterocycles. The van der Waals surface area contributed by atoms with E-state index in [1.165, 1.54) is 0 Å². The van der Waals surface area contributed by atoms with Crippen molar-refractivity contribution in [3.63, 3.8) is 0 Å². The van der Waals surface area contributed by atoms with Crippen molar-refractivity contribution < 1.29 is 5.11 Å². The molecule has 0 aliphatic heterocycles. The molecule has 0 aromatic carbocycles. The highest BCUT2D eigenvalue weighted by molar-refractivity contribution is 7.11. The van der Waals surface area contributed by atoms with Crippen molar-refractivity contribution in [3.05, 3.63) is 26.9 Å². The SMILES string of the molecule is CC/C(=C/c1sccc1Cl)CO. The molecule has 1 N–H and O–H groups in total. The number of hydrogen-bond donors (Lipinski definition) is 1. The molecule has 0 aliphatic rings. The molecule has 1 aromatic rings. The van der Waals surface area contributed by atoms with E-state index in [4.69, 9.17) is 16.7 Å². The third-order valence-electron chi connectivity index (χ3n) is 1.64. The van der Waals surface area contributed by atoms with Crippen molar-refractivity contribution in [2.75, 3.05) is 6.61 Å². The van der Waals surface area contributed by atoms with Crippen molar-refractivity contribution in [3.8, 4) is 0 Å². The first kappa shape index (κ1) is 9.78. The second kappa shape index (κ2) is 4.65. The fourth-order valence-electron chi connectivity index (χ4n) is 0.853. The lowest BCUT2D eigenvalue weighted by molar-refractivity contribution is 0.329. The Morgan fingerprint density at radius 2 is 2.50 bits per heavy atom. The molecular weight excluding hydrogens is 192 g/mol. The largest absolute Gasteiger partial charge is 0.392 e. The predicted molar refractivity (Wildman–Crippen MR) is 54.7 cm³/mol. The third-order valence-corrected chi connectivity index (χ3v) is 2.94. The highest BCUT2D eigenvalue weighted by Crippen LogP contribution is 2.24. The average molecular weight is 203 g/mol. The Balaban J connectivity index is 2.85. The summed E-state index contributed by atoms with van der Waals surface area (Å²) in [7, 11) is 0. The molecule has 1 heterocycles. The molecule has 0 radical (unpaired) electrons. The van der Waals surface area contributed by atoms with Gasteiger partial charge in [0.2, 0.25) is 0 Å². The molecule has 0 spiro atoms. The standard InChI is InChI=1S/C9H11ClOS/c1-2-7(6-11)5-9-8(10)3-4-12-9/h3-5,11H,2,6H2,1H3/b7-5-. The minimum Gasteiger partial charge on any atom is -0.392 e. The highest BCUT2D eigenvalue weighted by atomic mass is 35.5. The van der Waals surface area contributed by atoms with Gasteiger partial charge in [-0.25, -0.2) is 0 Å². The van der Waals surface area contributed by atoms with Gasteiger partial charge < -0.3 is 5.11 Å². The molecule has 1 aromatic heterocycles. The lowest BCUT2D eigenvalue weighted by Crippen LogP contribution is -1.86. The molecule has 0 amide bonds. The van der Waals surface area contributed by atoms with Gasteiger partial charge in [-0.3, -0.25) is 0 Å². The lowest BCUT2D eigenvalue weighted by Gasteiger charge is -1.97. The Labute approximate surface area is 81.3 Å². The van der Waals surface area contributed by atoms with Crippen LogP contribution in [0.1, 0.15) is 18.2 Å². The summed E-state index contributed by atoms with van der Waals surface area (Å²) in [5.74, 6) is 0. The van der Waals surface area contributed by atoms with Crippen molar-refractivity contribution >= 4 is 29.0 Å². The maximum absolute atomic E-state index is 8.91. The first-order chi connectivity index (χ1) is 5.77. The minimum absolute atomic E-state index is 0.116. The van der Waals surface area contributed by atoms with Crippen LogP contribution in [-0.4, -0.2) is 11.7 Å². The maximum atomic E-state index is 8.91. The average Bonchev–Trinajstić information content (AvgIpc) is 2.47. The van der Waals surface area contributed by atoms with E-state index < -0.39 is 0 Å². The molecule has 3 heteroatoms. The Morgan fingerprint density at radius 1 is 1.75 bits per heavy atom. The summed E-state index contributed by atoms with van der Waals surface area (Å²) in [6, 6.07) is 1.86.